The topological polar surface area (TPSA) is 12.5 Å². The maximum absolute atomic E-state index is 5.91. The van der Waals surface area contributed by atoms with Crippen molar-refractivity contribution in [2.45, 2.75) is 50.7 Å². The normalized spacial score (nSPS) is 38.1. The van der Waals surface area contributed by atoms with Crippen LogP contribution >= 0.6 is 15.9 Å². The number of halogens is 1. The van der Waals surface area contributed by atoms with Crippen molar-refractivity contribution in [2.75, 3.05) is 25.0 Å². The van der Waals surface area contributed by atoms with Gasteiger partial charge >= 0.3 is 0 Å². The summed E-state index contributed by atoms with van der Waals surface area (Å²) in [5.74, 6) is 0. The Kier molecular flexibility index (Phi) is 3.29. The van der Waals surface area contributed by atoms with Crippen molar-refractivity contribution in [3.05, 3.63) is 0 Å². The zero-order chi connectivity index (χ0) is 11.0. The van der Waals surface area contributed by atoms with E-state index in [1.165, 1.54) is 63.5 Å². The van der Waals surface area contributed by atoms with Gasteiger partial charge < -0.3 is 4.74 Å². The maximum atomic E-state index is 5.91. The molecule has 92 valence electrons. The first kappa shape index (κ1) is 11.5. The lowest BCUT2D eigenvalue weighted by atomic mass is 9.88. The molecule has 0 aromatic carbocycles. The van der Waals surface area contributed by atoms with E-state index in [0.29, 0.717) is 17.6 Å². The Morgan fingerprint density at radius 3 is 2.31 bits per heavy atom. The van der Waals surface area contributed by atoms with Gasteiger partial charge in [0.05, 0.1) is 12.2 Å². The summed E-state index contributed by atoms with van der Waals surface area (Å²) in [4.78, 5) is 2.68. The highest BCUT2D eigenvalue weighted by Crippen LogP contribution is 2.41. The molecule has 2 aliphatic heterocycles. The molecule has 3 heteroatoms. The summed E-state index contributed by atoms with van der Waals surface area (Å²) in [6.45, 7) is 3.67. The van der Waals surface area contributed by atoms with Crippen LogP contribution in [-0.4, -0.2) is 42.1 Å². The van der Waals surface area contributed by atoms with Gasteiger partial charge in [-0.15, -0.1) is 0 Å². The van der Waals surface area contributed by atoms with Crippen molar-refractivity contribution < 1.29 is 4.74 Å². The Bertz CT molecular complexity index is 240. The molecule has 3 rings (SSSR count). The fourth-order valence-corrected chi connectivity index (χ4v) is 4.50. The number of nitrogens with zero attached hydrogens (tertiary/aromatic N) is 1. The van der Waals surface area contributed by atoms with Crippen molar-refractivity contribution in [1.82, 2.24) is 4.90 Å². The lowest BCUT2D eigenvalue weighted by Gasteiger charge is -2.38. The number of ether oxygens (including phenoxy) is 1. The van der Waals surface area contributed by atoms with Gasteiger partial charge in [0.2, 0.25) is 0 Å². The number of hydrogen-bond acceptors (Lipinski definition) is 2. The first-order valence-corrected chi connectivity index (χ1v) is 7.86. The minimum absolute atomic E-state index is 0.549. The highest BCUT2D eigenvalue weighted by molar-refractivity contribution is 9.09. The first-order chi connectivity index (χ1) is 7.80. The first-order valence-electron chi connectivity index (χ1n) is 6.73. The molecule has 3 fully saturated rings. The van der Waals surface area contributed by atoms with E-state index in [1.807, 2.05) is 0 Å². The summed E-state index contributed by atoms with van der Waals surface area (Å²) in [7, 11) is 0. The van der Waals surface area contributed by atoms with Crippen LogP contribution in [0.15, 0.2) is 0 Å². The summed E-state index contributed by atoms with van der Waals surface area (Å²) in [6.07, 6.45) is 9.40. The predicted octanol–water partition coefficient (Wildman–Crippen LogP) is 2.80. The molecule has 2 atom stereocenters. The second-order valence-corrected chi connectivity index (χ2v) is 6.55. The van der Waals surface area contributed by atoms with E-state index in [9.17, 15) is 0 Å². The lowest BCUT2D eigenvalue weighted by Crippen LogP contribution is -2.47. The molecule has 2 bridgehead atoms. The zero-order valence-electron chi connectivity index (χ0n) is 9.96. The summed E-state index contributed by atoms with van der Waals surface area (Å²) in [5.41, 5.74) is 0.580. The summed E-state index contributed by atoms with van der Waals surface area (Å²) < 4.78 is 5.91. The zero-order valence-corrected chi connectivity index (χ0v) is 11.5. The van der Waals surface area contributed by atoms with Crippen molar-refractivity contribution >= 4 is 15.9 Å². The summed E-state index contributed by atoms with van der Waals surface area (Å²) >= 11 is 3.75. The molecule has 0 spiro atoms. The Morgan fingerprint density at radius 1 is 1.12 bits per heavy atom. The van der Waals surface area contributed by atoms with Gasteiger partial charge in [-0.05, 0) is 31.1 Å². The van der Waals surface area contributed by atoms with Gasteiger partial charge in [-0.2, -0.15) is 0 Å². The second-order valence-electron chi connectivity index (χ2n) is 5.99. The van der Waals surface area contributed by atoms with E-state index >= 15 is 0 Å². The molecule has 16 heavy (non-hydrogen) atoms. The maximum Gasteiger partial charge on any atom is 0.0707 e. The van der Waals surface area contributed by atoms with E-state index in [-0.39, 0.29) is 0 Å². The van der Waals surface area contributed by atoms with Crippen LogP contribution in [0.1, 0.15) is 38.5 Å². The van der Waals surface area contributed by atoms with Crippen LogP contribution in [-0.2, 0) is 4.74 Å². The van der Waals surface area contributed by atoms with E-state index in [2.05, 4.69) is 20.8 Å². The van der Waals surface area contributed by atoms with E-state index < -0.39 is 0 Å². The second kappa shape index (κ2) is 4.58. The number of alkyl halides is 1. The number of fused-ring (bicyclic) bond motifs is 2. The largest absolute Gasteiger partial charge is 0.372 e. The molecule has 0 radical (unpaired) electrons. The molecule has 0 amide bonds. The third-order valence-corrected chi connectivity index (χ3v) is 5.82. The highest BCUT2D eigenvalue weighted by atomic mass is 79.9. The van der Waals surface area contributed by atoms with Crippen LogP contribution < -0.4 is 0 Å². The fourth-order valence-electron chi connectivity index (χ4n) is 3.76. The third-order valence-electron chi connectivity index (χ3n) is 4.63. The highest BCUT2D eigenvalue weighted by Gasteiger charge is 2.39. The van der Waals surface area contributed by atoms with Crippen molar-refractivity contribution in [2.24, 2.45) is 5.41 Å². The van der Waals surface area contributed by atoms with Crippen LogP contribution in [0.3, 0.4) is 0 Å². The quantitative estimate of drug-likeness (QED) is 0.740. The van der Waals surface area contributed by atoms with Gasteiger partial charge in [-0.25, -0.2) is 0 Å². The van der Waals surface area contributed by atoms with E-state index in [0.717, 1.165) is 0 Å². The third kappa shape index (κ3) is 2.19. The lowest BCUT2D eigenvalue weighted by molar-refractivity contribution is -0.0482. The number of rotatable bonds is 3. The molecule has 1 aliphatic carbocycles. The average molecular weight is 288 g/mol. The van der Waals surface area contributed by atoms with Crippen LogP contribution in [0.5, 0.6) is 0 Å². The van der Waals surface area contributed by atoms with Gasteiger partial charge in [-0.1, -0.05) is 28.8 Å². The van der Waals surface area contributed by atoms with Crippen LogP contribution in [0, 0.1) is 5.41 Å². The molecule has 3 aliphatic rings. The molecule has 1 saturated carbocycles. The van der Waals surface area contributed by atoms with Gasteiger partial charge in [0.1, 0.15) is 0 Å². The molecule has 2 saturated heterocycles. The van der Waals surface area contributed by atoms with Gasteiger partial charge in [-0.3, -0.25) is 4.90 Å². The standard InChI is InChI=1S/C13H22BrNO/c14-9-13(5-1-2-6-13)10-15-7-11-3-4-12(8-15)16-11/h11-12H,1-10H2. The monoisotopic (exact) mass is 287 g/mol. The van der Waals surface area contributed by atoms with Gasteiger partial charge in [0.25, 0.3) is 0 Å². The van der Waals surface area contributed by atoms with Crippen LogP contribution in [0.2, 0.25) is 0 Å². The van der Waals surface area contributed by atoms with E-state index in [1.54, 1.807) is 0 Å². The molecule has 0 aromatic heterocycles. The fraction of sp³-hybridized carbons (Fsp3) is 1.00. The van der Waals surface area contributed by atoms with Gasteiger partial charge in [0.15, 0.2) is 0 Å². The molecule has 2 heterocycles. The Balaban J connectivity index is 1.61. The van der Waals surface area contributed by atoms with Crippen molar-refractivity contribution in [3.63, 3.8) is 0 Å². The molecule has 0 aromatic rings. The molecule has 2 unspecified atom stereocenters. The molecular weight excluding hydrogens is 266 g/mol. The van der Waals surface area contributed by atoms with Crippen LogP contribution in [0.4, 0.5) is 0 Å². The Hall–Kier alpha value is 0.400. The number of morpholine rings is 1. The molecule has 0 N–H and O–H groups in total. The SMILES string of the molecule is BrCC1(CN2CC3CCC(C2)O3)CCCC1. The number of hydrogen-bond donors (Lipinski definition) is 0. The van der Waals surface area contributed by atoms with Crippen molar-refractivity contribution in [3.8, 4) is 0 Å². The Morgan fingerprint density at radius 2 is 1.75 bits per heavy atom. The smallest absolute Gasteiger partial charge is 0.0707 e. The van der Waals surface area contributed by atoms with E-state index in [4.69, 9.17) is 4.74 Å². The summed E-state index contributed by atoms with van der Waals surface area (Å²) in [5, 5.41) is 1.19. The average Bonchev–Trinajstić information content (AvgIpc) is 2.87. The molecule has 2 nitrogen and oxygen atoms in total. The van der Waals surface area contributed by atoms with Crippen LogP contribution in [0.25, 0.3) is 0 Å². The molecular formula is C13H22BrNO. The minimum atomic E-state index is 0.549. The number of likely N-dealkylation sites (tertiary alicyclic amines) is 1. The summed E-state index contributed by atoms with van der Waals surface area (Å²) in [6, 6.07) is 0. The minimum Gasteiger partial charge on any atom is -0.372 e. The predicted molar refractivity (Wildman–Crippen MR) is 69.0 cm³/mol. The Labute approximate surface area is 107 Å². The van der Waals surface area contributed by atoms with Crippen molar-refractivity contribution in [1.29, 1.82) is 0 Å². The van der Waals surface area contributed by atoms with Gasteiger partial charge in [0, 0.05) is 25.0 Å².